The van der Waals surface area contributed by atoms with Gasteiger partial charge in [-0.2, -0.15) is 0 Å². The molecule has 0 fully saturated rings. The summed E-state index contributed by atoms with van der Waals surface area (Å²) in [6, 6.07) is 0. The lowest BCUT2D eigenvalue weighted by Gasteiger charge is -2.37. The topological polar surface area (TPSA) is 130 Å². The first-order chi connectivity index (χ1) is 8.14. The van der Waals surface area contributed by atoms with E-state index < -0.39 is 0 Å². The fourth-order valence-corrected chi connectivity index (χ4v) is 2.40. The number of hydrogen-bond donors (Lipinski definition) is 5. The summed E-state index contributed by atoms with van der Waals surface area (Å²) >= 11 is 0. The van der Waals surface area contributed by atoms with Crippen LogP contribution in [0.4, 0.5) is 0 Å². The van der Waals surface area contributed by atoms with E-state index in [0.29, 0.717) is 32.1 Å². The lowest BCUT2D eigenvalue weighted by Crippen LogP contribution is -2.50. The van der Waals surface area contributed by atoms with E-state index in [0.717, 1.165) is 38.5 Å². The van der Waals surface area contributed by atoms with Gasteiger partial charge in [-0.15, -0.1) is 0 Å². The number of hydrogen-bond acceptors (Lipinski definition) is 5. The second-order valence-corrected chi connectivity index (χ2v) is 4.88. The molecule has 0 aromatic heterocycles. The van der Waals surface area contributed by atoms with Gasteiger partial charge in [0.05, 0.1) is 0 Å². The monoisotopic (exact) mass is 245 g/mol. The molecule has 0 spiro atoms. The predicted octanol–water partition coefficient (Wildman–Crippen LogP) is -0.524. The minimum Gasteiger partial charge on any atom is -0.330 e. The lowest BCUT2D eigenvalue weighted by molar-refractivity contribution is 0.218. The normalized spacial score (nSPS) is 13.9. The number of nitrogens with two attached hydrogens (primary N) is 5. The smallest absolute Gasteiger partial charge is 0.0195 e. The van der Waals surface area contributed by atoms with E-state index in [2.05, 4.69) is 0 Å². The molecule has 0 heterocycles. The minimum absolute atomic E-state index is 0.220. The van der Waals surface area contributed by atoms with Crippen LogP contribution in [0.1, 0.15) is 38.5 Å². The first-order valence-corrected chi connectivity index (χ1v) is 6.73. The van der Waals surface area contributed by atoms with Gasteiger partial charge in [0.15, 0.2) is 0 Å². The summed E-state index contributed by atoms with van der Waals surface area (Å²) in [7, 11) is 0. The van der Waals surface area contributed by atoms with Crippen LogP contribution in [0.5, 0.6) is 0 Å². The Balaban J connectivity index is 4.46. The van der Waals surface area contributed by atoms with Crippen molar-refractivity contribution < 1.29 is 0 Å². The second kappa shape index (κ2) is 9.79. The predicted molar refractivity (Wildman–Crippen MR) is 74.3 cm³/mol. The molecular weight excluding hydrogens is 214 g/mol. The average Bonchev–Trinajstić information content (AvgIpc) is 2.35. The Morgan fingerprint density at radius 1 is 0.765 bits per heavy atom. The molecule has 5 nitrogen and oxygen atoms in total. The van der Waals surface area contributed by atoms with E-state index in [1.54, 1.807) is 0 Å². The molecule has 0 radical (unpaired) electrons. The van der Waals surface area contributed by atoms with Crippen LogP contribution in [-0.4, -0.2) is 31.7 Å². The molecule has 0 aliphatic rings. The molecule has 0 amide bonds. The van der Waals surface area contributed by atoms with Crippen molar-refractivity contribution in [1.82, 2.24) is 0 Å². The molecule has 104 valence electrons. The van der Waals surface area contributed by atoms with Crippen LogP contribution in [0.3, 0.4) is 0 Å². The van der Waals surface area contributed by atoms with Gasteiger partial charge in [0.2, 0.25) is 0 Å². The van der Waals surface area contributed by atoms with E-state index in [1.165, 1.54) is 0 Å². The zero-order valence-electron chi connectivity index (χ0n) is 11.0. The first-order valence-electron chi connectivity index (χ1n) is 6.73. The maximum atomic E-state index is 6.53. The molecule has 0 saturated carbocycles. The minimum atomic E-state index is -0.220. The highest BCUT2D eigenvalue weighted by atomic mass is 14.8. The van der Waals surface area contributed by atoms with E-state index in [4.69, 9.17) is 28.7 Å². The van der Waals surface area contributed by atoms with Crippen LogP contribution in [0.15, 0.2) is 0 Å². The molecule has 17 heavy (non-hydrogen) atoms. The highest BCUT2D eigenvalue weighted by Gasteiger charge is 2.32. The van der Waals surface area contributed by atoms with Crippen LogP contribution in [0.2, 0.25) is 0 Å². The quantitative estimate of drug-likeness (QED) is 0.334. The van der Waals surface area contributed by atoms with Crippen LogP contribution in [-0.2, 0) is 0 Å². The van der Waals surface area contributed by atoms with E-state index in [1.807, 2.05) is 0 Å². The third kappa shape index (κ3) is 6.33. The molecule has 1 unspecified atom stereocenters. The first kappa shape index (κ1) is 16.8. The van der Waals surface area contributed by atoms with Gasteiger partial charge in [-0.25, -0.2) is 0 Å². The van der Waals surface area contributed by atoms with Crippen molar-refractivity contribution >= 4 is 0 Å². The fourth-order valence-electron chi connectivity index (χ4n) is 2.40. The Kier molecular flexibility index (Phi) is 9.68. The highest BCUT2D eigenvalue weighted by Crippen LogP contribution is 2.28. The van der Waals surface area contributed by atoms with Crippen LogP contribution >= 0.6 is 0 Å². The molecule has 0 saturated heterocycles. The lowest BCUT2D eigenvalue weighted by atomic mass is 9.75. The largest absolute Gasteiger partial charge is 0.330 e. The molecule has 0 aliphatic heterocycles. The Morgan fingerprint density at radius 2 is 1.24 bits per heavy atom. The molecular formula is C12H31N5. The van der Waals surface area contributed by atoms with Crippen molar-refractivity contribution in [3.63, 3.8) is 0 Å². The molecule has 5 heteroatoms. The zero-order chi connectivity index (χ0) is 13.1. The van der Waals surface area contributed by atoms with E-state index in [-0.39, 0.29) is 5.54 Å². The Bertz CT molecular complexity index is 166. The summed E-state index contributed by atoms with van der Waals surface area (Å²) in [5.74, 6) is 0.323. The van der Waals surface area contributed by atoms with Crippen molar-refractivity contribution in [2.45, 2.75) is 44.1 Å². The van der Waals surface area contributed by atoms with Gasteiger partial charge in [-0.1, -0.05) is 0 Å². The highest BCUT2D eigenvalue weighted by molar-refractivity contribution is 4.92. The summed E-state index contributed by atoms with van der Waals surface area (Å²) < 4.78 is 0. The summed E-state index contributed by atoms with van der Waals surface area (Å²) in [5.41, 5.74) is 28.9. The van der Waals surface area contributed by atoms with Crippen molar-refractivity contribution in [3.05, 3.63) is 0 Å². The van der Waals surface area contributed by atoms with Gasteiger partial charge in [0.1, 0.15) is 0 Å². The van der Waals surface area contributed by atoms with E-state index >= 15 is 0 Å². The molecule has 1 atom stereocenters. The Morgan fingerprint density at radius 3 is 1.59 bits per heavy atom. The summed E-state index contributed by atoms with van der Waals surface area (Å²) in [4.78, 5) is 0. The summed E-state index contributed by atoms with van der Waals surface area (Å²) in [6.07, 6.45) is 5.72. The van der Waals surface area contributed by atoms with Crippen molar-refractivity contribution in [2.75, 3.05) is 26.2 Å². The maximum absolute atomic E-state index is 6.53. The van der Waals surface area contributed by atoms with Crippen LogP contribution < -0.4 is 28.7 Å². The van der Waals surface area contributed by atoms with Gasteiger partial charge in [0, 0.05) is 5.54 Å². The molecule has 10 N–H and O–H groups in total. The Labute approximate surface area is 105 Å². The van der Waals surface area contributed by atoms with Gasteiger partial charge in [-0.05, 0) is 70.6 Å². The average molecular weight is 245 g/mol. The summed E-state index contributed by atoms with van der Waals surface area (Å²) in [5, 5.41) is 0. The second-order valence-electron chi connectivity index (χ2n) is 4.88. The van der Waals surface area contributed by atoms with Gasteiger partial charge in [0.25, 0.3) is 0 Å². The molecule has 0 rings (SSSR count). The van der Waals surface area contributed by atoms with E-state index in [9.17, 15) is 0 Å². The Hall–Kier alpha value is -0.200. The van der Waals surface area contributed by atoms with Gasteiger partial charge in [-0.3, -0.25) is 0 Å². The van der Waals surface area contributed by atoms with Gasteiger partial charge < -0.3 is 28.7 Å². The number of rotatable bonds is 11. The van der Waals surface area contributed by atoms with Crippen molar-refractivity contribution in [3.8, 4) is 0 Å². The zero-order valence-corrected chi connectivity index (χ0v) is 11.0. The standard InChI is InChI=1S/C12H31N5/c13-7-1-4-11(10-16)12(17,5-2-8-14)6-3-9-15/h11H,1-10,13-17H2. The van der Waals surface area contributed by atoms with Crippen molar-refractivity contribution in [2.24, 2.45) is 34.6 Å². The van der Waals surface area contributed by atoms with Crippen LogP contribution in [0, 0.1) is 5.92 Å². The maximum Gasteiger partial charge on any atom is 0.0195 e. The fraction of sp³-hybridized carbons (Fsp3) is 1.00. The SMILES string of the molecule is NCCCC(CN)C(N)(CCCN)CCCN. The molecule has 0 aliphatic carbocycles. The summed E-state index contributed by atoms with van der Waals surface area (Å²) in [6.45, 7) is 2.66. The third-order valence-electron chi connectivity index (χ3n) is 3.55. The van der Waals surface area contributed by atoms with Crippen molar-refractivity contribution in [1.29, 1.82) is 0 Å². The van der Waals surface area contributed by atoms with Gasteiger partial charge >= 0.3 is 0 Å². The third-order valence-corrected chi connectivity index (χ3v) is 3.55. The van der Waals surface area contributed by atoms with Crippen LogP contribution in [0.25, 0.3) is 0 Å². The molecule has 0 aromatic carbocycles. The molecule has 0 bridgehead atoms. The molecule has 0 aromatic rings.